The molecule has 0 spiro atoms. The van der Waals surface area contributed by atoms with E-state index in [1.54, 1.807) is 7.11 Å². The summed E-state index contributed by atoms with van der Waals surface area (Å²) in [5.74, 6) is 1.70. The van der Waals surface area contributed by atoms with Crippen molar-refractivity contribution in [2.24, 2.45) is 0 Å². The van der Waals surface area contributed by atoms with Gasteiger partial charge in [0.1, 0.15) is 11.5 Å². The highest BCUT2D eigenvalue weighted by atomic mass is 16.5. The van der Waals surface area contributed by atoms with Crippen LogP contribution >= 0.6 is 0 Å². The zero-order chi connectivity index (χ0) is 15.9. The van der Waals surface area contributed by atoms with Crippen LogP contribution in [0.1, 0.15) is 41.0 Å². The van der Waals surface area contributed by atoms with Crippen molar-refractivity contribution < 1.29 is 14.2 Å². The molecule has 120 valence electrons. The second kappa shape index (κ2) is 8.13. The van der Waals surface area contributed by atoms with Crippen LogP contribution in [0, 0.1) is 0 Å². The third kappa shape index (κ3) is 5.84. The Morgan fingerprint density at radius 1 is 1.14 bits per heavy atom. The predicted molar refractivity (Wildman–Crippen MR) is 87.6 cm³/mol. The molecule has 1 atom stereocenters. The van der Waals surface area contributed by atoms with Gasteiger partial charge in [0.2, 0.25) is 0 Å². The number of hydrogen-bond acceptors (Lipinski definition) is 4. The second-order valence-corrected chi connectivity index (χ2v) is 5.74. The monoisotopic (exact) mass is 295 g/mol. The van der Waals surface area contributed by atoms with E-state index in [4.69, 9.17) is 14.2 Å². The number of ether oxygens (including phenoxy) is 3. The Morgan fingerprint density at radius 3 is 2.38 bits per heavy atom. The number of anilines is 1. The highest BCUT2D eigenvalue weighted by Gasteiger charge is 2.21. The fourth-order valence-corrected chi connectivity index (χ4v) is 2.30. The summed E-state index contributed by atoms with van der Waals surface area (Å²) < 4.78 is 16.7. The molecule has 0 aliphatic carbocycles. The summed E-state index contributed by atoms with van der Waals surface area (Å²) in [4.78, 5) is 0. The number of rotatable bonds is 9. The average molecular weight is 295 g/mol. The molecule has 1 rings (SSSR count). The van der Waals surface area contributed by atoms with Crippen molar-refractivity contribution in [2.45, 2.75) is 52.7 Å². The van der Waals surface area contributed by atoms with Crippen molar-refractivity contribution in [1.29, 1.82) is 0 Å². The standard InChI is InChI=1S/C17H29NO3/c1-7-20-14-9-10-16(21-8-2)15(11-14)18-13(3)12-17(4,5)19-6/h9-11,13,18H,7-8,12H2,1-6H3. The zero-order valence-electron chi connectivity index (χ0n) is 14.2. The van der Waals surface area contributed by atoms with Crippen LogP contribution in [-0.2, 0) is 4.74 Å². The molecule has 1 unspecified atom stereocenters. The molecule has 1 aromatic carbocycles. The predicted octanol–water partition coefficient (Wildman–Crippen LogP) is 4.10. The summed E-state index contributed by atoms with van der Waals surface area (Å²) in [5, 5.41) is 3.50. The number of nitrogens with one attached hydrogen (secondary N) is 1. The highest BCUT2D eigenvalue weighted by Crippen LogP contribution is 2.31. The summed E-state index contributed by atoms with van der Waals surface area (Å²) in [6.07, 6.45) is 0.897. The SMILES string of the molecule is CCOc1ccc(OCC)c(NC(C)CC(C)(C)OC)c1. The summed E-state index contributed by atoms with van der Waals surface area (Å²) in [7, 11) is 1.74. The van der Waals surface area contributed by atoms with Crippen LogP contribution in [0.15, 0.2) is 18.2 Å². The molecule has 1 N–H and O–H groups in total. The third-order valence-electron chi connectivity index (χ3n) is 3.31. The Labute approximate surface area is 128 Å². The van der Waals surface area contributed by atoms with Crippen LogP contribution in [0.5, 0.6) is 11.5 Å². The first-order valence-corrected chi connectivity index (χ1v) is 7.63. The average Bonchev–Trinajstić information content (AvgIpc) is 2.41. The Hall–Kier alpha value is -1.42. The number of benzene rings is 1. The topological polar surface area (TPSA) is 39.7 Å². The van der Waals surface area contributed by atoms with Crippen molar-refractivity contribution in [3.63, 3.8) is 0 Å². The van der Waals surface area contributed by atoms with Crippen molar-refractivity contribution in [3.05, 3.63) is 18.2 Å². The molecule has 0 aliphatic heterocycles. The molecule has 0 aromatic heterocycles. The van der Waals surface area contributed by atoms with Gasteiger partial charge in [-0.15, -0.1) is 0 Å². The maximum atomic E-state index is 5.68. The fraction of sp³-hybridized carbons (Fsp3) is 0.647. The van der Waals surface area contributed by atoms with Crippen molar-refractivity contribution in [3.8, 4) is 11.5 Å². The van der Waals surface area contributed by atoms with E-state index in [9.17, 15) is 0 Å². The number of hydrogen-bond donors (Lipinski definition) is 1. The maximum absolute atomic E-state index is 5.68. The van der Waals surface area contributed by atoms with Crippen molar-refractivity contribution in [2.75, 3.05) is 25.6 Å². The molecule has 4 heteroatoms. The minimum absolute atomic E-state index is 0.157. The molecule has 4 nitrogen and oxygen atoms in total. The van der Waals surface area contributed by atoms with Crippen molar-refractivity contribution in [1.82, 2.24) is 0 Å². The van der Waals surface area contributed by atoms with Gasteiger partial charge in [-0.2, -0.15) is 0 Å². The minimum atomic E-state index is -0.157. The van der Waals surface area contributed by atoms with Crippen molar-refractivity contribution >= 4 is 5.69 Å². The Kier molecular flexibility index (Phi) is 6.82. The normalized spacial score (nSPS) is 12.9. The Balaban J connectivity index is 2.85. The van der Waals surface area contributed by atoms with Gasteiger partial charge < -0.3 is 19.5 Å². The van der Waals surface area contributed by atoms with E-state index in [-0.39, 0.29) is 11.6 Å². The van der Waals surface area contributed by atoms with E-state index in [1.807, 2.05) is 32.0 Å². The summed E-state index contributed by atoms with van der Waals surface area (Å²) >= 11 is 0. The van der Waals surface area contributed by atoms with Gasteiger partial charge in [-0.05, 0) is 53.2 Å². The molecule has 0 bridgehead atoms. The van der Waals surface area contributed by atoms with Gasteiger partial charge >= 0.3 is 0 Å². The van der Waals surface area contributed by atoms with Crippen LogP contribution in [0.4, 0.5) is 5.69 Å². The van der Waals surface area contributed by atoms with Crippen LogP contribution < -0.4 is 14.8 Å². The minimum Gasteiger partial charge on any atom is -0.494 e. The summed E-state index contributed by atoms with van der Waals surface area (Å²) in [5.41, 5.74) is 0.803. The molecule has 0 heterocycles. The van der Waals surface area contributed by atoms with Gasteiger partial charge in [0, 0.05) is 19.2 Å². The molecule has 0 radical (unpaired) electrons. The molecule has 0 aliphatic rings. The van der Waals surface area contributed by atoms with E-state index in [1.165, 1.54) is 0 Å². The van der Waals surface area contributed by atoms with E-state index in [0.717, 1.165) is 23.6 Å². The quantitative estimate of drug-likeness (QED) is 0.744. The van der Waals surface area contributed by atoms with Gasteiger partial charge in [0.25, 0.3) is 0 Å². The molecule has 21 heavy (non-hydrogen) atoms. The van der Waals surface area contributed by atoms with Gasteiger partial charge in [0.05, 0.1) is 24.5 Å². The first kappa shape index (κ1) is 17.6. The molecular weight excluding hydrogens is 266 g/mol. The lowest BCUT2D eigenvalue weighted by Crippen LogP contribution is -2.31. The Morgan fingerprint density at radius 2 is 1.81 bits per heavy atom. The summed E-state index contributed by atoms with van der Waals surface area (Å²) in [6, 6.07) is 6.13. The van der Waals surface area contributed by atoms with Crippen LogP contribution in [0.2, 0.25) is 0 Å². The fourth-order valence-electron chi connectivity index (χ4n) is 2.30. The first-order valence-electron chi connectivity index (χ1n) is 7.63. The lowest BCUT2D eigenvalue weighted by molar-refractivity contribution is 0.0128. The molecular formula is C17H29NO3. The van der Waals surface area contributed by atoms with Gasteiger partial charge in [-0.25, -0.2) is 0 Å². The lowest BCUT2D eigenvalue weighted by Gasteiger charge is -2.28. The van der Waals surface area contributed by atoms with E-state index >= 15 is 0 Å². The number of methoxy groups -OCH3 is 1. The smallest absolute Gasteiger partial charge is 0.142 e. The summed E-state index contributed by atoms with van der Waals surface area (Å²) in [6.45, 7) is 11.6. The van der Waals surface area contributed by atoms with Crippen LogP contribution in [0.25, 0.3) is 0 Å². The van der Waals surface area contributed by atoms with Gasteiger partial charge in [0.15, 0.2) is 0 Å². The van der Waals surface area contributed by atoms with E-state index in [0.29, 0.717) is 13.2 Å². The molecule has 0 saturated heterocycles. The first-order chi connectivity index (χ1) is 9.91. The van der Waals surface area contributed by atoms with Crippen LogP contribution in [-0.4, -0.2) is 32.0 Å². The Bertz CT molecular complexity index is 432. The largest absolute Gasteiger partial charge is 0.494 e. The second-order valence-electron chi connectivity index (χ2n) is 5.74. The molecule has 0 saturated carbocycles. The van der Waals surface area contributed by atoms with Crippen LogP contribution in [0.3, 0.4) is 0 Å². The molecule has 0 fully saturated rings. The highest BCUT2D eigenvalue weighted by molar-refractivity contribution is 5.60. The molecule has 0 amide bonds. The molecule has 1 aromatic rings. The van der Waals surface area contributed by atoms with E-state index < -0.39 is 0 Å². The van der Waals surface area contributed by atoms with Gasteiger partial charge in [-0.1, -0.05) is 0 Å². The van der Waals surface area contributed by atoms with E-state index in [2.05, 4.69) is 26.1 Å². The lowest BCUT2D eigenvalue weighted by atomic mass is 9.99. The maximum Gasteiger partial charge on any atom is 0.142 e. The van der Waals surface area contributed by atoms with Gasteiger partial charge in [-0.3, -0.25) is 0 Å². The zero-order valence-corrected chi connectivity index (χ0v) is 14.2. The third-order valence-corrected chi connectivity index (χ3v) is 3.31.